The highest BCUT2D eigenvalue weighted by Crippen LogP contribution is 2.44. The van der Waals surface area contributed by atoms with E-state index in [-0.39, 0.29) is 146 Å². The number of methoxy groups -OCH3 is 2. The lowest BCUT2D eigenvalue weighted by molar-refractivity contribution is -0.172. The summed E-state index contributed by atoms with van der Waals surface area (Å²) in [6.07, 6.45) is -1.79. The Balaban J connectivity index is 0.565. The molecule has 29 nitrogen and oxygen atoms in total. The first-order chi connectivity index (χ1) is 48.3. The molecule has 0 bridgehead atoms. The van der Waals surface area contributed by atoms with Crippen LogP contribution in [0.3, 0.4) is 0 Å². The van der Waals surface area contributed by atoms with E-state index in [0.717, 1.165) is 0 Å². The predicted molar refractivity (Wildman–Crippen MR) is 354 cm³/mol. The number of aromatic nitrogens is 4. The van der Waals surface area contributed by atoms with Gasteiger partial charge in [0.25, 0.3) is 11.1 Å². The molecule has 4 aliphatic rings. The summed E-state index contributed by atoms with van der Waals surface area (Å²) >= 11 is 0. The van der Waals surface area contributed by atoms with E-state index in [4.69, 9.17) is 38.4 Å². The van der Waals surface area contributed by atoms with Gasteiger partial charge < -0.3 is 79.7 Å². The molecule has 0 saturated carbocycles. The Labute approximate surface area is 571 Å². The lowest BCUT2D eigenvalue weighted by atomic mass is 9.86. The number of benzene rings is 4. The van der Waals surface area contributed by atoms with E-state index in [0.29, 0.717) is 55.5 Å². The molecule has 0 spiro atoms. The van der Waals surface area contributed by atoms with Crippen molar-refractivity contribution in [2.24, 2.45) is 0 Å². The summed E-state index contributed by atoms with van der Waals surface area (Å²) in [6.45, 7) is 3.96. The maximum absolute atomic E-state index is 15.1. The van der Waals surface area contributed by atoms with Crippen molar-refractivity contribution in [1.29, 1.82) is 0 Å². The highest BCUT2D eigenvalue weighted by Gasteiger charge is 2.47. The number of hydrogen-bond acceptors (Lipinski definition) is 21. The van der Waals surface area contributed by atoms with Gasteiger partial charge in [-0.25, -0.2) is 37.9 Å². The maximum atomic E-state index is 15.1. The third-order valence-corrected chi connectivity index (χ3v) is 18.3. The van der Waals surface area contributed by atoms with E-state index in [9.17, 15) is 58.2 Å². The minimum atomic E-state index is -2.07. The average Bonchev–Trinajstić information content (AvgIpc) is 1.61. The predicted octanol–water partition coefficient (Wildman–Crippen LogP) is 4.80. The zero-order chi connectivity index (χ0) is 71.9. The molecule has 0 saturated heterocycles. The van der Waals surface area contributed by atoms with Gasteiger partial charge in [-0.2, -0.15) is 0 Å². The van der Waals surface area contributed by atoms with Crippen molar-refractivity contribution in [3.05, 3.63) is 173 Å². The summed E-state index contributed by atoms with van der Waals surface area (Å²) in [5.74, 6) is -5.73. The summed E-state index contributed by atoms with van der Waals surface area (Å²) in [6, 6.07) is 18.9. The standard InChI is InChI=1S/C70H67F2N11O18/c1-7-69(94)47-19-53-59-43(27-82(53)63(88)45(47)31-98-65(69)90)41(39-17-55(96-5)49(71)21-51(39)80-59)23-74-67(92)100-29-35-9-13-37(14-10-35)78-61(86)33(3)76-57(84)25-73-26-58(85)77-34(4)62(87)79-38-15-11-36(12-16-38)30-101-68(93)75-24-42-40-18-56(97-6)50(72)22-52(40)81-60-44(42)28-83-54(60)20-48-46(64(83)89)32-99-66(91)70(48,95)8-2/h9-22,33-34,73,94-95H,7-8,23-32H2,1-6H3,(H,74,92)(H,75,93)(H,76,84)(H,77,85)(H,78,86)(H,79,87)/t33-,34-,69-,70-/m0/s1. The Hall–Kier alpha value is -11.7. The number of cyclic esters (lactones) is 2. The summed E-state index contributed by atoms with van der Waals surface area (Å²) in [5.41, 5.74) is 0.574. The third-order valence-electron chi connectivity index (χ3n) is 18.3. The zero-order valence-electron chi connectivity index (χ0n) is 55.2. The van der Waals surface area contributed by atoms with Crippen LogP contribution >= 0.6 is 0 Å². The first-order valence-corrected chi connectivity index (χ1v) is 32.0. The zero-order valence-corrected chi connectivity index (χ0v) is 55.2. The number of carbonyl (C=O) groups is 8. The largest absolute Gasteiger partial charge is 0.494 e. The Morgan fingerprint density at radius 2 is 0.960 bits per heavy atom. The number of halogens is 2. The van der Waals surface area contributed by atoms with Gasteiger partial charge in [0, 0.05) is 69.6 Å². The molecule has 0 aliphatic carbocycles. The number of alkyl carbamates (subject to hydrolysis) is 2. The van der Waals surface area contributed by atoms with Crippen molar-refractivity contribution in [3.63, 3.8) is 0 Å². The van der Waals surface area contributed by atoms with E-state index in [1.54, 1.807) is 62.4 Å². The van der Waals surface area contributed by atoms with Gasteiger partial charge in [-0.3, -0.25) is 34.1 Å². The van der Waals surface area contributed by atoms with Crippen LogP contribution in [-0.2, 0) is 112 Å². The van der Waals surface area contributed by atoms with Gasteiger partial charge in [0.2, 0.25) is 23.6 Å². The number of ether oxygens (including phenoxy) is 6. The molecule has 4 atom stereocenters. The van der Waals surface area contributed by atoms with Crippen LogP contribution < -0.4 is 57.8 Å². The van der Waals surface area contributed by atoms with E-state index in [1.807, 2.05) is 0 Å². The lowest BCUT2D eigenvalue weighted by Gasteiger charge is -2.31. The highest BCUT2D eigenvalue weighted by atomic mass is 19.1. The number of amides is 6. The number of aliphatic hydroxyl groups is 2. The number of pyridine rings is 4. The molecule has 101 heavy (non-hydrogen) atoms. The molecule has 31 heteroatoms. The second-order valence-electron chi connectivity index (χ2n) is 24.5. The van der Waals surface area contributed by atoms with E-state index >= 15 is 8.78 Å². The monoisotopic (exact) mass is 1390 g/mol. The summed E-state index contributed by atoms with van der Waals surface area (Å²) in [4.78, 5) is 141. The smallest absolute Gasteiger partial charge is 0.407 e. The van der Waals surface area contributed by atoms with Crippen LogP contribution in [0.15, 0.2) is 94.5 Å². The lowest BCUT2D eigenvalue weighted by Crippen LogP contribution is -2.48. The Bertz CT molecular complexity index is 4630. The number of hydrogen-bond donors (Lipinski definition) is 9. The molecule has 12 rings (SSSR count). The van der Waals surface area contributed by atoms with E-state index < -0.39 is 93.8 Å². The number of anilines is 2. The molecule has 0 fully saturated rings. The molecule has 8 aromatic rings. The molecule has 4 aromatic carbocycles. The van der Waals surface area contributed by atoms with Crippen molar-refractivity contribution >= 4 is 80.9 Å². The Kier molecular flexibility index (Phi) is 19.1. The van der Waals surface area contributed by atoms with Gasteiger partial charge >= 0.3 is 24.1 Å². The summed E-state index contributed by atoms with van der Waals surface area (Å²) in [7, 11) is 2.60. The summed E-state index contributed by atoms with van der Waals surface area (Å²) < 4.78 is 65.0. The van der Waals surface area contributed by atoms with Crippen molar-refractivity contribution in [1.82, 2.24) is 45.7 Å². The van der Waals surface area contributed by atoms with Crippen LogP contribution in [0, 0.1) is 11.6 Å². The van der Waals surface area contributed by atoms with Gasteiger partial charge in [0.05, 0.1) is 85.3 Å². The first-order valence-electron chi connectivity index (χ1n) is 32.0. The van der Waals surface area contributed by atoms with Gasteiger partial charge in [-0.15, -0.1) is 0 Å². The summed E-state index contributed by atoms with van der Waals surface area (Å²) in [5, 5.41) is 42.1. The van der Waals surface area contributed by atoms with Crippen molar-refractivity contribution in [3.8, 4) is 34.3 Å². The van der Waals surface area contributed by atoms with Crippen LogP contribution in [0.5, 0.6) is 11.5 Å². The molecule has 0 unspecified atom stereocenters. The van der Waals surface area contributed by atoms with Gasteiger partial charge in [0.1, 0.15) is 38.5 Å². The van der Waals surface area contributed by atoms with Crippen LogP contribution in [-0.4, -0.2) is 116 Å². The number of carbonyl (C=O) groups excluding carboxylic acids is 8. The molecule has 8 heterocycles. The SMILES string of the molecule is CC[C@@]1(O)C(=O)OCc2c1cc1n(c2=O)Cc2c-1nc1cc(F)c(OC)cc1c2CNC(=O)OCc1ccc(NC(=O)[C@H](C)NC(=O)CNCC(=O)N[C@@H](C)C(=O)Nc2ccc(COC(=O)NCc3c4c(nc5cc(F)c(OC)cc35)-c3cc5c(c(=O)n3C4)COC(=O)[C@]5(O)CC)cc2)cc1. The first kappa shape index (κ1) is 69.2. The molecular weight excluding hydrogens is 1320 g/mol. The van der Waals surface area contributed by atoms with Crippen LogP contribution in [0.2, 0.25) is 0 Å². The third kappa shape index (κ3) is 13.3. The number of nitrogens with one attached hydrogen (secondary N) is 7. The van der Waals surface area contributed by atoms with E-state index in [1.165, 1.54) is 73.6 Å². The normalized spacial score (nSPS) is 16.5. The van der Waals surface area contributed by atoms with Crippen LogP contribution in [0.4, 0.5) is 29.7 Å². The second-order valence-corrected chi connectivity index (χ2v) is 24.5. The van der Waals surface area contributed by atoms with Gasteiger partial charge in [0.15, 0.2) is 34.3 Å². The number of nitrogens with zero attached hydrogens (tertiary/aromatic N) is 4. The minimum absolute atomic E-state index is 0.00527. The average molecular weight is 1390 g/mol. The number of fused-ring (bicyclic) bond motifs is 10. The fraction of sp³-hybridized carbons (Fsp3) is 0.314. The van der Waals surface area contributed by atoms with Crippen LogP contribution in [0.1, 0.15) is 96.2 Å². The number of esters is 2. The van der Waals surface area contributed by atoms with E-state index in [2.05, 4.69) is 37.2 Å². The maximum Gasteiger partial charge on any atom is 0.407 e. The Morgan fingerprint density at radius 1 is 0.574 bits per heavy atom. The molecule has 9 N–H and O–H groups in total. The van der Waals surface area contributed by atoms with Crippen molar-refractivity contribution < 1.29 is 85.8 Å². The second kappa shape index (κ2) is 27.9. The van der Waals surface area contributed by atoms with Crippen molar-refractivity contribution in [2.75, 3.05) is 37.9 Å². The fourth-order valence-electron chi connectivity index (χ4n) is 12.6. The molecule has 6 amide bonds. The van der Waals surface area contributed by atoms with Crippen molar-refractivity contribution in [2.45, 2.75) is 116 Å². The minimum Gasteiger partial charge on any atom is -0.494 e. The molecule has 4 aliphatic heterocycles. The molecule has 4 aromatic heterocycles. The quantitative estimate of drug-likeness (QED) is 0.0325. The van der Waals surface area contributed by atoms with Gasteiger partial charge in [-0.05, 0) is 97.5 Å². The van der Waals surface area contributed by atoms with Crippen LogP contribution in [0.25, 0.3) is 44.6 Å². The molecule has 0 radical (unpaired) electrons. The van der Waals surface area contributed by atoms with Gasteiger partial charge in [-0.1, -0.05) is 38.1 Å². The number of rotatable bonds is 22. The Morgan fingerprint density at radius 3 is 1.33 bits per heavy atom. The topological polar surface area (TPSA) is 386 Å². The molecule has 524 valence electrons. The highest BCUT2D eigenvalue weighted by molar-refractivity contribution is 5.99. The fourth-order valence-corrected chi connectivity index (χ4v) is 12.6. The molecular formula is C70H67F2N11O18.